The lowest BCUT2D eigenvalue weighted by molar-refractivity contribution is 0.101. The van der Waals surface area contributed by atoms with Crippen molar-refractivity contribution in [2.24, 2.45) is 7.05 Å². The number of ether oxygens (including phenoxy) is 1. The van der Waals surface area contributed by atoms with Gasteiger partial charge < -0.3 is 10.1 Å². The van der Waals surface area contributed by atoms with Gasteiger partial charge in [0, 0.05) is 19.9 Å². The molecule has 4 nitrogen and oxygen atoms in total. The number of hydrogen-bond acceptors (Lipinski definition) is 3. The molecular weight excluding hydrogens is 214 g/mol. The van der Waals surface area contributed by atoms with Crippen molar-refractivity contribution in [1.82, 2.24) is 15.1 Å². The van der Waals surface area contributed by atoms with E-state index in [-0.39, 0.29) is 0 Å². The van der Waals surface area contributed by atoms with Crippen LogP contribution in [0.2, 0.25) is 0 Å². The summed E-state index contributed by atoms with van der Waals surface area (Å²) in [5, 5.41) is 7.80. The number of nitrogens with one attached hydrogen (secondary N) is 1. The molecule has 0 spiro atoms. The Hall–Kier alpha value is -0.870. The Bertz CT molecular complexity index is 331. The molecule has 2 rings (SSSR count). The molecule has 0 radical (unpaired) electrons. The third-order valence-corrected chi connectivity index (χ3v) is 3.48. The van der Waals surface area contributed by atoms with Crippen molar-refractivity contribution in [3.8, 4) is 0 Å². The van der Waals surface area contributed by atoms with Gasteiger partial charge in [0.25, 0.3) is 0 Å². The molecule has 2 unspecified atom stereocenters. The van der Waals surface area contributed by atoms with Gasteiger partial charge in [-0.15, -0.1) is 0 Å². The maximum atomic E-state index is 5.64. The molecule has 4 heteroatoms. The van der Waals surface area contributed by atoms with Crippen LogP contribution in [0.5, 0.6) is 0 Å². The molecule has 0 bridgehead atoms. The Labute approximate surface area is 103 Å². The number of aromatic nitrogens is 2. The van der Waals surface area contributed by atoms with E-state index in [1.165, 1.54) is 25.7 Å². The van der Waals surface area contributed by atoms with E-state index in [0.717, 1.165) is 18.7 Å². The lowest BCUT2D eigenvalue weighted by atomic mass is 10.0. The van der Waals surface area contributed by atoms with E-state index in [4.69, 9.17) is 4.74 Å². The monoisotopic (exact) mass is 237 g/mol. The largest absolute Gasteiger partial charge is 0.378 e. The van der Waals surface area contributed by atoms with Crippen LogP contribution in [0.4, 0.5) is 0 Å². The molecule has 17 heavy (non-hydrogen) atoms. The molecule has 1 saturated heterocycles. The second kappa shape index (κ2) is 6.17. The van der Waals surface area contributed by atoms with Crippen molar-refractivity contribution in [2.75, 3.05) is 13.7 Å². The number of nitrogens with zero attached hydrogens (tertiary/aromatic N) is 2. The lowest BCUT2D eigenvalue weighted by Crippen LogP contribution is -2.18. The summed E-state index contributed by atoms with van der Waals surface area (Å²) < 4.78 is 7.50. The third-order valence-electron chi connectivity index (χ3n) is 3.48. The van der Waals surface area contributed by atoms with Crippen LogP contribution in [0.1, 0.15) is 43.8 Å². The first-order valence-corrected chi connectivity index (χ1v) is 6.58. The Kier molecular flexibility index (Phi) is 4.57. The molecule has 0 saturated carbocycles. The second-order valence-corrected chi connectivity index (χ2v) is 4.82. The van der Waals surface area contributed by atoms with Crippen LogP contribution in [0.15, 0.2) is 12.3 Å². The predicted molar refractivity (Wildman–Crippen MR) is 67.8 cm³/mol. The average molecular weight is 237 g/mol. The van der Waals surface area contributed by atoms with Crippen LogP contribution in [0.25, 0.3) is 0 Å². The Morgan fingerprint density at radius 1 is 1.65 bits per heavy atom. The molecule has 2 atom stereocenters. The quantitative estimate of drug-likeness (QED) is 0.823. The zero-order valence-electron chi connectivity index (χ0n) is 10.9. The highest BCUT2D eigenvalue weighted by molar-refractivity contribution is 5.04. The number of hydrogen-bond donors (Lipinski definition) is 1. The van der Waals surface area contributed by atoms with Gasteiger partial charge in [-0.25, -0.2) is 0 Å². The van der Waals surface area contributed by atoms with Gasteiger partial charge in [-0.05, 0) is 45.2 Å². The fraction of sp³-hybridized carbons (Fsp3) is 0.769. The molecule has 0 aromatic carbocycles. The number of rotatable bonds is 6. The Morgan fingerprint density at radius 3 is 3.12 bits per heavy atom. The maximum Gasteiger partial charge on any atom is 0.0793 e. The molecule has 1 fully saturated rings. The van der Waals surface area contributed by atoms with Gasteiger partial charge in [-0.2, -0.15) is 5.10 Å². The van der Waals surface area contributed by atoms with E-state index in [9.17, 15) is 0 Å². The molecule has 1 N–H and O–H groups in total. The lowest BCUT2D eigenvalue weighted by Gasteiger charge is -2.15. The zero-order chi connectivity index (χ0) is 12.1. The van der Waals surface area contributed by atoms with Gasteiger partial charge in [0.2, 0.25) is 0 Å². The molecule has 1 aliphatic rings. The van der Waals surface area contributed by atoms with Crippen molar-refractivity contribution in [1.29, 1.82) is 0 Å². The maximum absolute atomic E-state index is 5.64. The number of aryl methyl sites for hydroxylation is 1. The van der Waals surface area contributed by atoms with E-state index in [0.29, 0.717) is 12.1 Å². The Balaban J connectivity index is 1.75. The van der Waals surface area contributed by atoms with E-state index in [2.05, 4.69) is 16.5 Å². The smallest absolute Gasteiger partial charge is 0.0793 e. The predicted octanol–water partition coefficient (Wildman–Crippen LogP) is 2.03. The van der Waals surface area contributed by atoms with Gasteiger partial charge in [-0.1, -0.05) is 0 Å². The van der Waals surface area contributed by atoms with Crippen molar-refractivity contribution in [2.45, 2.75) is 44.2 Å². The minimum absolute atomic E-state index is 0.373. The molecule has 96 valence electrons. The molecular formula is C13H23N3O. The Morgan fingerprint density at radius 2 is 2.53 bits per heavy atom. The summed E-state index contributed by atoms with van der Waals surface area (Å²) >= 11 is 0. The standard InChI is InChI=1S/C13H23N3O/c1-14-12(13-8-9-16(2)15-13)7-3-5-11-6-4-10-17-11/h8-9,11-12,14H,3-7,10H2,1-2H3. The molecule has 0 aliphatic carbocycles. The van der Waals surface area contributed by atoms with Gasteiger partial charge in [0.05, 0.1) is 17.8 Å². The van der Waals surface area contributed by atoms with Crippen molar-refractivity contribution < 1.29 is 4.74 Å². The zero-order valence-corrected chi connectivity index (χ0v) is 10.9. The van der Waals surface area contributed by atoms with Crippen molar-refractivity contribution >= 4 is 0 Å². The van der Waals surface area contributed by atoms with E-state index < -0.39 is 0 Å². The van der Waals surface area contributed by atoms with Crippen molar-refractivity contribution in [3.05, 3.63) is 18.0 Å². The molecule has 0 amide bonds. The average Bonchev–Trinajstić information content (AvgIpc) is 2.96. The van der Waals surface area contributed by atoms with Crippen LogP contribution >= 0.6 is 0 Å². The highest BCUT2D eigenvalue weighted by Gasteiger charge is 2.17. The topological polar surface area (TPSA) is 39.1 Å². The SMILES string of the molecule is CNC(CCCC1CCCO1)c1ccn(C)n1. The van der Waals surface area contributed by atoms with Gasteiger partial charge in [-0.3, -0.25) is 4.68 Å². The van der Waals surface area contributed by atoms with E-state index >= 15 is 0 Å². The molecule has 1 aromatic heterocycles. The summed E-state index contributed by atoms with van der Waals surface area (Å²) in [6, 6.07) is 2.46. The van der Waals surface area contributed by atoms with Crippen LogP contribution < -0.4 is 5.32 Å². The summed E-state index contributed by atoms with van der Waals surface area (Å²) in [5.41, 5.74) is 1.14. The summed E-state index contributed by atoms with van der Waals surface area (Å²) in [5.74, 6) is 0. The fourth-order valence-corrected chi connectivity index (χ4v) is 2.48. The first kappa shape index (κ1) is 12.6. The van der Waals surface area contributed by atoms with E-state index in [1.807, 2.05) is 25.0 Å². The van der Waals surface area contributed by atoms with Crippen LogP contribution in [-0.4, -0.2) is 29.5 Å². The highest BCUT2D eigenvalue weighted by atomic mass is 16.5. The summed E-state index contributed by atoms with van der Waals surface area (Å²) in [7, 11) is 3.97. The minimum Gasteiger partial charge on any atom is -0.378 e. The summed E-state index contributed by atoms with van der Waals surface area (Å²) in [6.07, 6.45) is 8.51. The van der Waals surface area contributed by atoms with Crippen LogP contribution in [-0.2, 0) is 11.8 Å². The van der Waals surface area contributed by atoms with Crippen LogP contribution in [0.3, 0.4) is 0 Å². The highest BCUT2D eigenvalue weighted by Crippen LogP contribution is 2.22. The first-order chi connectivity index (χ1) is 8.29. The molecule has 2 heterocycles. The fourth-order valence-electron chi connectivity index (χ4n) is 2.48. The van der Waals surface area contributed by atoms with E-state index in [1.54, 1.807) is 0 Å². The van der Waals surface area contributed by atoms with Gasteiger partial charge in [0.1, 0.15) is 0 Å². The third kappa shape index (κ3) is 3.54. The van der Waals surface area contributed by atoms with Crippen molar-refractivity contribution in [3.63, 3.8) is 0 Å². The van der Waals surface area contributed by atoms with Gasteiger partial charge >= 0.3 is 0 Å². The minimum atomic E-state index is 0.373. The normalized spacial score (nSPS) is 21.9. The first-order valence-electron chi connectivity index (χ1n) is 6.58. The molecule has 1 aliphatic heterocycles. The van der Waals surface area contributed by atoms with Gasteiger partial charge in [0.15, 0.2) is 0 Å². The summed E-state index contributed by atoms with van der Waals surface area (Å²) in [6.45, 7) is 0.959. The molecule has 1 aromatic rings. The van der Waals surface area contributed by atoms with Crippen LogP contribution in [0, 0.1) is 0 Å². The second-order valence-electron chi connectivity index (χ2n) is 4.82. The summed E-state index contributed by atoms with van der Waals surface area (Å²) in [4.78, 5) is 0.